The van der Waals surface area contributed by atoms with Gasteiger partial charge in [0, 0.05) is 21.6 Å². The molecule has 2 aromatic rings. The number of urea groups is 1. The molecule has 4 nitrogen and oxygen atoms in total. The quantitative estimate of drug-likeness (QED) is 0.773. The zero-order chi connectivity index (χ0) is 16.8. The summed E-state index contributed by atoms with van der Waals surface area (Å²) in [5, 5.41) is 7.09. The van der Waals surface area contributed by atoms with E-state index in [2.05, 4.69) is 10.6 Å². The summed E-state index contributed by atoms with van der Waals surface area (Å²) in [6.07, 6.45) is 0.526. The molecule has 0 bridgehead atoms. The molecule has 122 valence electrons. The van der Waals surface area contributed by atoms with Gasteiger partial charge in [0.2, 0.25) is 0 Å². The van der Waals surface area contributed by atoms with E-state index in [4.69, 9.17) is 39.5 Å². The third-order valence-corrected chi connectivity index (χ3v) is 4.08. The summed E-state index contributed by atoms with van der Waals surface area (Å²) in [7, 11) is 1.52. The van der Waals surface area contributed by atoms with Crippen molar-refractivity contribution in [2.45, 2.75) is 6.42 Å². The first-order valence-electron chi connectivity index (χ1n) is 6.82. The largest absolute Gasteiger partial charge is 0.495 e. The minimum Gasteiger partial charge on any atom is -0.495 e. The molecule has 0 aliphatic carbocycles. The van der Waals surface area contributed by atoms with E-state index in [1.807, 2.05) is 0 Å². The van der Waals surface area contributed by atoms with Gasteiger partial charge in [-0.15, -0.1) is 0 Å². The Labute approximate surface area is 149 Å². The van der Waals surface area contributed by atoms with Crippen LogP contribution in [0.25, 0.3) is 0 Å². The number of carbonyl (C=O) groups is 1. The van der Waals surface area contributed by atoms with E-state index in [0.717, 1.165) is 5.56 Å². The van der Waals surface area contributed by atoms with Crippen LogP contribution in [0, 0.1) is 0 Å². The minimum atomic E-state index is -0.367. The Morgan fingerprint density at radius 3 is 2.48 bits per heavy atom. The van der Waals surface area contributed by atoms with Gasteiger partial charge in [0.15, 0.2) is 0 Å². The molecule has 2 aromatic carbocycles. The van der Waals surface area contributed by atoms with E-state index in [9.17, 15) is 4.79 Å². The summed E-state index contributed by atoms with van der Waals surface area (Å²) in [6.45, 7) is 0.387. The summed E-state index contributed by atoms with van der Waals surface area (Å²) in [5.41, 5.74) is 1.30. The van der Waals surface area contributed by atoms with Crippen molar-refractivity contribution in [3.05, 3.63) is 57.0 Å². The molecule has 0 heterocycles. The third kappa shape index (κ3) is 4.93. The van der Waals surface area contributed by atoms with Crippen LogP contribution in [0.1, 0.15) is 5.56 Å². The minimum absolute atomic E-state index is 0.367. The highest BCUT2D eigenvalue weighted by Crippen LogP contribution is 2.27. The van der Waals surface area contributed by atoms with Crippen molar-refractivity contribution in [3.63, 3.8) is 0 Å². The first-order valence-corrected chi connectivity index (χ1v) is 7.96. The molecule has 0 aliphatic heterocycles. The van der Waals surface area contributed by atoms with Crippen molar-refractivity contribution < 1.29 is 9.53 Å². The van der Waals surface area contributed by atoms with E-state index in [-0.39, 0.29) is 6.03 Å². The van der Waals surface area contributed by atoms with Crippen molar-refractivity contribution in [2.75, 3.05) is 19.0 Å². The topological polar surface area (TPSA) is 50.4 Å². The number of anilines is 1. The maximum absolute atomic E-state index is 12.0. The van der Waals surface area contributed by atoms with Gasteiger partial charge in [0.1, 0.15) is 5.75 Å². The van der Waals surface area contributed by atoms with Crippen molar-refractivity contribution in [3.8, 4) is 5.75 Å². The van der Waals surface area contributed by atoms with Gasteiger partial charge in [0.25, 0.3) is 0 Å². The number of amides is 2. The molecule has 0 saturated carbocycles. The lowest BCUT2D eigenvalue weighted by Crippen LogP contribution is -2.30. The molecule has 23 heavy (non-hydrogen) atoms. The van der Waals surface area contributed by atoms with Gasteiger partial charge in [-0.25, -0.2) is 4.79 Å². The van der Waals surface area contributed by atoms with E-state index in [0.29, 0.717) is 39.5 Å². The Bertz CT molecular complexity index is 687. The molecule has 0 unspecified atom stereocenters. The summed E-state index contributed by atoms with van der Waals surface area (Å²) in [6, 6.07) is 9.92. The monoisotopic (exact) mass is 372 g/mol. The average molecular weight is 374 g/mol. The Morgan fingerprint density at radius 1 is 1.13 bits per heavy atom. The third-order valence-electron chi connectivity index (χ3n) is 3.13. The van der Waals surface area contributed by atoms with Crippen molar-refractivity contribution in [1.82, 2.24) is 5.32 Å². The van der Waals surface area contributed by atoms with Gasteiger partial charge in [-0.1, -0.05) is 40.9 Å². The second-order valence-corrected chi connectivity index (χ2v) is 5.93. The number of ether oxygens (including phenoxy) is 1. The fourth-order valence-electron chi connectivity index (χ4n) is 2.02. The number of carbonyl (C=O) groups excluding carboxylic acids is 1. The number of hydrogen-bond acceptors (Lipinski definition) is 2. The standard InChI is InChI=1S/C16H15Cl3N2O2/c1-23-15-6-5-10(17)9-14(15)21-16(22)20-8-7-11-12(18)3-2-4-13(11)19/h2-6,9H,7-8H2,1H3,(H2,20,21,22). The van der Waals surface area contributed by atoms with Crippen LogP contribution in [-0.4, -0.2) is 19.7 Å². The first kappa shape index (κ1) is 17.7. The fraction of sp³-hybridized carbons (Fsp3) is 0.188. The number of rotatable bonds is 5. The van der Waals surface area contributed by atoms with Crippen LogP contribution < -0.4 is 15.4 Å². The Kier molecular flexibility index (Phi) is 6.39. The molecule has 7 heteroatoms. The van der Waals surface area contributed by atoms with Gasteiger partial charge < -0.3 is 15.4 Å². The molecule has 0 spiro atoms. The Morgan fingerprint density at radius 2 is 1.83 bits per heavy atom. The van der Waals surface area contributed by atoms with Crippen LogP contribution in [0.2, 0.25) is 15.1 Å². The number of hydrogen-bond donors (Lipinski definition) is 2. The molecule has 0 atom stereocenters. The predicted molar refractivity (Wildman–Crippen MR) is 95.2 cm³/mol. The van der Waals surface area contributed by atoms with Gasteiger partial charge in [-0.05, 0) is 42.3 Å². The molecule has 2 amide bonds. The van der Waals surface area contributed by atoms with Crippen LogP contribution >= 0.6 is 34.8 Å². The molecular formula is C16H15Cl3N2O2. The lowest BCUT2D eigenvalue weighted by Gasteiger charge is -2.12. The molecule has 0 aromatic heterocycles. The normalized spacial score (nSPS) is 10.3. The molecular weight excluding hydrogens is 359 g/mol. The van der Waals surface area contributed by atoms with E-state index >= 15 is 0 Å². The van der Waals surface area contributed by atoms with E-state index < -0.39 is 0 Å². The molecule has 0 radical (unpaired) electrons. The maximum Gasteiger partial charge on any atom is 0.319 e. The molecule has 0 fully saturated rings. The highest BCUT2D eigenvalue weighted by molar-refractivity contribution is 6.36. The summed E-state index contributed by atoms with van der Waals surface area (Å²) >= 11 is 18.1. The van der Waals surface area contributed by atoms with Crippen LogP contribution in [0.15, 0.2) is 36.4 Å². The van der Waals surface area contributed by atoms with Crippen molar-refractivity contribution >= 4 is 46.5 Å². The second-order valence-electron chi connectivity index (χ2n) is 4.68. The second kappa shape index (κ2) is 8.29. The zero-order valence-corrected chi connectivity index (χ0v) is 14.6. The van der Waals surface area contributed by atoms with Gasteiger partial charge in [-0.2, -0.15) is 0 Å². The van der Waals surface area contributed by atoms with Crippen molar-refractivity contribution in [2.24, 2.45) is 0 Å². The van der Waals surface area contributed by atoms with Crippen LogP contribution in [0.4, 0.5) is 10.5 Å². The highest BCUT2D eigenvalue weighted by Gasteiger charge is 2.09. The van der Waals surface area contributed by atoms with Gasteiger partial charge >= 0.3 is 6.03 Å². The Balaban J connectivity index is 1.92. The lowest BCUT2D eigenvalue weighted by molar-refractivity contribution is 0.252. The van der Waals surface area contributed by atoms with Crippen LogP contribution in [0.3, 0.4) is 0 Å². The average Bonchev–Trinajstić information content (AvgIpc) is 2.50. The predicted octanol–water partition coefficient (Wildman–Crippen LogP) is 5.02. The first-order chi connectivity index (χ1) is 11.0. The maximum atomic E-state index is 12.0. The summed E-state index contributed by atoms with van der Waals surface area (Å²) in [5.74, 6) is 0.527. The fourth-order valence-corrected chi connectivity index (χ4v) is 2.78. The SMILES string of the molecule is COc1ccc(Cl)cc1NC(=O)NCCc1c(Cl)cccc1Cl. The smallest absolute Gasteiger partial charge is 0.319 e. The van der Waals surface area contributed by atoms with Crippen LogP contribution in [0.5, 0.6) is 5.75 Å². The summed E-state index contributed by atoms with van der Waals surface area (Å²) in [4.78, 5) is 12.0. The van der Waals surface area contributed by atoms with E-state index in [1.165, 1.54) is 7.11 Å². The molecule has 0 aliphatic rings. The highest BCUT2D eigenvalue weighted by atomic mass is 35.5. The number of methoxy groups -OCH3 is 1. The van der Waals surface area contributed by atoms with E-state index in [1.54, 1.807) is 36.4 Å². The number of benzene rings is 2. The number of halogens is 3. The molecule has 2 N–H and O–H groups in total. The Hall–Kier alpha value is -1.62. The zero-order valence-electron chi connectivity index (χ0n) is 12.3. The number of nitrogens with one attached hydrogen (secondary N) is 2. The lowest BCUT2D eigenvalue weighted by atomic mass is 10.1. The van der Waals surface area contributed by atoms with Crippen LogP contribution in [-0.2, 0) is 6.42 Å². The van der Waals surface area contributed by atoms with Crippen molar-refractivity contribution in [1.29, 1.82) is 0 Å². The van der Waals surface area contributed by atoms with Gasteiger partial charge in [-0.3, -0.25) is 0 Å². The molecule has 2 rings (SSSR count). The molecule has 0 saturated heterocycles. The summed E-state index contributed by atoms with van der Waals surface area (Å²) < 4.78 is 5.17. The van der Waals surface area contributed by atoms with Gasteiger partial charge in [0.05, 0.1) is 12.8 Å².